The molecule has 3 rings (SSSR count). The molecule has 0 aliphatic rings. The Balaban J connectivity index is 1.92. The molecule has 0 spiro atoms. The largest absolute Gasteiger partial charge is 0.385 e. The van der Waals surface area contributed by atoms with Gasteiger partial charge in [-0.2, -0.15) is 0 Å². The van der Waals surface area contributed by atoms with Crippen molar-refractivity contribution in [1.29, 1.82) is 0 Å². The van der Waals surface area contributed by atoms with Crippen molar-refractivity contribution in [2.75, 3.05) is 18.9 Å². The monoisotopic (exact) mass is 520 g/mol. The lowest BCUT2D eigenvalue weighted by molar-refractivity contribution is 0.0745. The molecule has 3 nitrogen and oxygen atoms in total. The van der Waals surface area contributed by atoms with Crippen molar-refractivity contribution in [2.24, 2.45) is 0 Å². The van der Waals surface area contributed by atoms with E-state index in [0.717, 1.165) is 11.1 Å². The van der Waals surface area contributed by atoms with Crippen LogP contribution in [0.1, 0.15) is 47.8 Å². The van der Waals surface area contributed by atoms with Gasteiger partial charge in [-0.3, -0.25) is 4.79 Å². The van der Waals surface area contributed by atoms with E-state index >= 15 is 0 Å². The fourth-order valence-electron chi connectivity index (χ4n) is 3.71. The molecule has 0 aromatic heterocycles. The number of anilines is 1. The molecule has 0 bridgehead atoms. The first-order valence-corrected chi connectivity index (χ1v) is 12.1. The number of nitrogens with one attached hydrogen (secondary N) is 1. The van der Waals surface area contributed by atoms with E-state index in [9.17, 15) is 9.18 Å². The fourth-order valence-corrected chi connectivity index (χ4v) is 4.23. The van der Waals surface area contributed by atoms with Crippen LogP contribution in [0.25, 0.3) is 0 Å². The van der Waals surface area contributed by atoms with Gasteiger partial charge in [-0.25, -0.2) is 4.39 Å². The molecule has 180 valence electrons. The quantitative estimate of drug-likeness (QED) is 0.341. The van der Waals surface area contributed by atoms with Crippen molar-refractivity contribution in [3.05, 3.63) is 97.7 Å². The first-order valence-electron chi connectivity index (χ1n) is 11.0. The van der Waals surface area contributed by atoms with Gasteiger partial charge in [-0.05, 0) is 52.8 Å². The minimum Gasteiger partial charge on any atom is -0.385 e. The van der Waals surface area contributed by atoms with Gasteiger partial charge in [0.05, 0.1) is 21.3 Å². The van der Waals surface area contributed by atoms with Gasteiger partial charge in [-0.15, -0.1) is 0 Å². The summed E-state index contributed by atoms with van der Waals surface area (Å²) < 4.78 is 14.5. The predicted octanol–water partition coefficient (Wildman–Crippen LogP) is 8.01. The Morgan fingerprint density at radius 1 is 0.941 bits per heavy atom. The summed E-state index contributed by atoms with van der Waals surface area (Å²) in [5, 5.41) is 3.89. The Labute approximate surface area is 215 Å². The maximum Gasteiger partial charge on any atom is 0.256 e. The lowest BCUT2D eigenvalue weighted by Crippen LogP contribution is -2.33. The van der Waals surface area contributed by atoms with E-state index in [4.69, 9.17) is 34.8 Å². The van der Waals surface area contributed by atoms with E-state index in [-0.39, 0.29) is 27.6 Å². The third-order valence-electron chi connectivity index (χ3n) is 5.67. The zero-order valence-corrected chi connectivity index (χ0v) is 22.0. The minimum absolute atomic E-state index is 0.0297. The van der Waals surface area contributed by atoms with E-state index in [1.807, 2.05) is 18.2 Å². The number of carbonyl (C=O) groups excluding carboxylic acids is 1. The molecule has 0 atom stereocenters. The lowest BCUT2D eigenvalue weighted by Gasteiger charge is -2.25. The summed E-state index contributed by atoms with van der Waals surface area (Å²) in [5.74, 6) is -0.886. The van der Waals surface area contributed by atoms with Crippen molar-refractivity contribution in [2.45, 2.75) is 39.2 Å². The average Bonchev–Trinajstić information content (AvgIpc) is 2.77. The predicted molar refractivity (Wildman–Crippen MR) is 141 cm³/mol. The highest BCUT2D eigenvalue weighted by Gasteiger charge is 2.23. The van der Waals surface area contributed by atoms with Crippen LogP contribution in [0.4, 0.5) is 10.1 Å². The zero-order valence-electron chi connectivity index (χ0n) is 19.7. The van der Waals surface area contributed by atoms with Gasteiger partial charge in [-0.1, -0.05) is 85.9 Å². The molecule has 34 heavy (non-hydrogen) atoms. The third-order valence-corrected chi connectivity index (χ3v) is 6.63. The maximum absolute atomic E-state index is 14.5. The standard InChI is InChI=1S/C27H28Cl3FN2O/c1-27(2,3)19-8-5-18(6-9-19)16-33(12-11-17-7-10-22(29)23(30)13-17)26(34)21-14-20(28)15-24(31)25(21)32-4/h5-10,13-15,32H,11-12,16H2,1-4H3. The van der Waals surface area contributed by atoms with Gasteiger partial charge in [0.15, 0.2) is 0 Å². The van der Waals surface area contributed by atoms with Crippen molar-refractivity contribution < 1.29 is 9.18 Å². The van der Waals surface area contributed by atoms with Crippen LogP contribution in [0.5, 0.6) is 0 Å². The lowest BCUT2D eigenvalue weighted by atomic mass is 9.87. The van der Waals surface area contributed by atoms with Crippen molar-refractivity contribution >= 4 is 46.4 Å². The van der Waals surface area contributed by atoms with Crippen LogP contribution in [-0.2, 0) is 18.4 Å². The van der Waals surface area contributed by atoms with Gasteiger partial charge in [0.1, 0.15) is 5.82 Å². The van der Waals surface area contributed by atoms with Crippen molar-refractivity contribution in [3.63, 3.8) is 0 Å². The van der Waals surface area contributed by atoms with Crippen LogP contribution in [0.3, 0.4) is 0 Å². The molecule has 0 heterocycles. The fraction of sp³-hybridized carbons (Fsp3) is 0.296. The third kappa shape index (κ3) is 6.44. The Bertz CT molecular complexity index is 1170. The van der Waals surface area contributed by atoms with Gasteiger partial charge < -0.3 is 10.2 Å². The highest BCUT2D eigenvalue weighted by Crippen LogP contribution is 2.28. The van der Waals surface area contributed by atoms with Crippen LogP contribution >= 0.6 is 34.8 Å². The first-order chi connectivity index (χ1) is 16.0. The first kappa shape index (κ1) is 26.3. The Morgan fingerprint density at radius 2 is 1.59 bits per heavy atom. The molecule has 1 amide bonds. The second-order valence-corrected chi connectivity index (χ2v) is 10.5. The normalized spacial score (nSPS) is 11.4. The second-order valence-electron chi connectivity index (χ2n) is 9.23. The molecule has 0 unspecified atom stereocenters. The molecule has 0 fully saturated rings. The van der Waals surface area contributed by atoms with Gasteiger partial charge in [0.2, 0.25) is 0 Å². The molecule has 0 radical (unpaired) electrons. The summed E-state index contributed by atoms with van der Waals surface area (Å²) in [5.41, 5.74) is 3.47. The molecule has 7 heteroatoms. The van der Waals surface area contributed by atoms with E-state index in [0.29, 0.717) is 29.6 Å². The molecule has 0 saturated carbocycles. The summed E-state index contributed by atoms with van der Waals surface area (Å²) in [4.78, 5) is 15.3. The smallest absolute Gasteiger partial charge is 0.256 e. The molecule has 3 aromatic carbocycles. The molecule has 3 aromatic rings. The molecule has 0 saturated heterocycles. The highest BCUT2D eigenvalue weighted by molar-refractivity contribution is 6.42. The maximum atomic E-state index is 14.5. The van der Waals surface area contributed by atoms with Gasteiger partial charge in [0.25, 0.3) is 5.91 Å². The van der Waals surface area contributed by atoms with E-state index in [1.54, 1.807) is 24.1 Å². The van der Waals surface area contributed by atoms with E-state index in [1.165, 1.54) is 17.7 Å². The molecule has 0 aliphatic carbocycles. The number of carbonyl (C=O) groups is 1. The summed E-state index contributed by atoms with van der Waals surface area (Å²) in [6, 6.07) is 16.3. The van der Waals surface area contributed by atoms with Gasteiger partial charge in [0, 0.05) is 25.2 Å². The average molecular weight is 522 g/mol. The minimum atomic E-state index is -0.572. The van der Waals surface area contributed by atoms with E-state index < -0.39 is 5.82 Å². The Kier molecular flexibility index (Phi) is 8.51. The summed E-state index contributed by atoms with van der Waals surface area (Å²) in [6.45, 7) is 7.23. The second kappa shape index (κ2) is 11.0. The van der Waals surface area contributed by atoms with E-state index in [2.05, 4.69) is 38.2 Å². The zero-order chi connectivity index (χ0) is 25.0. The molecular weight excluding hydrogens is 494 g/mol. The van der Waals surface area contributed by atoms with Crippen LogP contribution < -0.4 is 5.32 Å². The van der Waals surface area contributed by atoms with Crippen molar-refractivity contribution in [1.82, 2.24) is 4.90 Å². The number of hydrogen-bond acceptors (Lipinski definition) is 2. The molecular formula is C27H28Cl3FN2O. The number of hydrogen-bond donors (Lipinski definition) is 1. The van der Waals surface area contributed by atoms with Gasteiger partial charge >= 0.3 is 0 Å². The number of nitrogens with zero attached hydrogens (tertiary/aromatic N) is 1. The van der Waals surface area contributed by atoms with Crippen LogP contribution in [0.2, 0.25) is 15.1 Å². The number of rotatable bonds is 7. The number of amides is 1. The number of benzene rings is 3. The summed E-state index contributed by atoms with van der Waals surface area (Å²) in [6.07, 6.45) is 0.556. The van der Waals surface area contributed by atoms with Crippen LogP contribution in [0.15, 0.2) is 54.6 Å². The van der Waals surface area contributed by atoms with Crippen LogP contribution in [0, 0.1) is 5.82 Å². The van der Waals surface area contributed by atoms with Crippen molar-refractivity contribution in [3.8, 4) is 0 Å². The molecule has 0 aliphatic heterocycles. The summed E-state index contributed by atoms with van der Waals surface area (Å²) in [7, 11) is 1.58. The topological polar surface area (TPSA) is 32.3 Å². The van der Waals surface area contributed by atoms with Crippen LogP contribution in [-0.4, -0.2) is 24.4 Å². The SMILES string of the molecule is CNc1c(F)cc(Cl)cc1C(=O)N(CCc1ccc(Cl)c(Cl)c1)Cc1ccc(C(C)(C)C)cc1. The molecule has 1 N–H and O–H groups in total. The highest BCUT2D eigenvalue weighted by atomic mass is 35.5. The number of halogens is 4. The Morgan fingerprint density at radius 3 is 2.18 bits per heavy atom. The Hall–Kier alpha value is -2.27. The summed E-state index contributed by atoms with van der Waals surface area (Å²) >= 11 is 18.3.